The Kier molecular flexibility index (Phi) is 6.01. The molecule has 2 N–H and O–H groups in total. The number of nitrogens with zero attached hydrogens (tertiary/aromatic N) is 1. The Morgan fingerprint density at radius 2 is 1.82 bits per heavy atom. The molecule has 0 radical (unpaired) electrons. The van der Waals surface area contributed by atoms with Crippen LogP contribution < -0.4 is 10.6 Å². The highest BCUT2D eigenvalue weighted by Crippen LogP contribution is 2.33. The molecule has 6 nitrogen and oxygen atoms in total. The highest BCUT2D eigenvalue weighted by Gasteiger charge is 2.51. The van der Waals surface area contributed by atoms with Gasteiger partial charge in [0.2, 0.25) is 5.91 Å². The minimum absolute atomic E-state index is 0.0413. The second kappa shape index (κ2) is 8.29. The van der Waals surface area contributed by atoms with Crippen LogP contribution in [-0.4, -0.2) is 34.8 Å². The van der Waals surface area contributed by atoms with Crippen LogP contribution in [0.1, 0.15) is 64.0 Å². The molecular weight excluding hydrogens is 361 g/mol. The summed E-state index contributed by atoms with van der Waals surface area (Å²) in [5.41, 5.74) is 0.0568. The third-order valence-electron chi connectivity index (χ3n) is 5.73. The Morgan fingerprint density at radius 1 is 1.18 bits per heavy atom. The summed E-state index contributed by atoms with van der Waals surface area (Å²) in [7, 11) is 0. The van der Waals surface area contributed by atoms with Crippen molar-refractivity contribution < 1.29 is 18.8 Å². The van der Waals surface area contributed by atoms with Crippen molar-refractivity contribution in [1.29, 1.82) is 0 Å². The molecule has 1 spiro atoms. The molecule has 152 valence electrons. The summed E-state index contributed by atoms with van der Waals surface area (Å²) in [5.74, 6) is -0.665. The molecule has 7 heteroatoms. The molecule has 3 rings (SSSR count). The van der Waals surface area contributed by atoms with E-state index in [2.05, 4.69) is 10.6 Å². The van der Waals surface area contributed by atoms with E-state index < -0.39 is 11.6 Å². The van der Waals surface area contributed by atoms with Crippen LogP contribution in [0, 0.1) is 11.7 Å². The molecule has 2 aliphatic rings. The maximum atomic E-state index is 13.2. The van der Waals surface area contributed by atoms with E-state index in [4.69, 9.17) is 0 Å². The number of amides is 4. The summed E-state index contributed by atoms with van der Waals surface area (Å²) in [6.45, 7) is 4.00. The zero-order valence-corrected chi connectivity index (χ0v) is 16.5. The van der Waals surface area contributed by atoms with Crippen molar-refractivity contribution >= 4 is 17.8 Å². The lowest BCUT2D eigenvalue weighted by Gasteiger charge is -2.30. The van der Waals surface area contributed by atoms with Crippen LogP contribution in [0.25, 0.3) is 0 Å². The van der Waals surface area contributed by atoms with Gasteiger partial charge in [0, 0.05) is 13.0 Å². The Morgan fingerprint density at radius 3 is 2.43 bits per heavy atom. The molecule has 0 bridgehead atoms. The van der Waals surface area contributed by atoms with Gasteiger partial charge in [0.1, 0.15) is 11.4 Å². The lowest BCUT2D eigenvalue weighted by atomic mass is 9.82. The van der Waals surface area contributed by atoms with Crippen molar-refractivity contribution in [2.24, 2.45) is 5.92 Å². The molecule has 1 atom stereocenters. The molecule has 1 aliphatic carbocycles. The van der Waals surface area contributed by atoms with E-state index in [0.717, 1.165) is 24.8 Å². The maximum absolute atomic E-state index is 13.2. The topological polar surface area (TPSA) is 78.5 Å². The second-order valence-corrected chi connectivity index (χ2v) is 8.12. The predicted octanol–water partition coefficient (Wildman–Crippen LogP) is 3.28. The minimum Gasteiger partial charge on any atom is -0.349 e. The van der Waals surface area contributed by atoms with Gasteiger partial charge in [0.05, 0.1) is 6.04 Å². The quantitative estimate of drug-likeness (QED) is 0.733. The van der Waals surface area contributed by atoms with Crippen LogP contribution in [-0.2, 0) is 9.59 Å². The summed E-state index contributed by atoms with van der Waals surface area (Å²) in [6, 6.07) is 5.39. The fourth-order valence-corrected chi connectivity index (χ4v) is 4.14. The van der Waals surface area contributed by atoms with Gasteiger partial charge in [-0.15, -0.1) is 0 Å². The minimum atomic E-state index is -0.764. The van der Waals surface area contributed by atoms with Gasteiger partial charge >= 0.3 is 6.03 Å². The van der Waals surface area contributed by atoms with Crippen molar-refractivity contribution in [1.82, 2.24) is 15.5 Å². The SMILES string of the molecule is CC(C)C(NC(=O)CCN1C(=O)NC2(CCCCC2)C1=O)c1ccc(F)cc1. The normalized spacial score (nSPS) is 19.8. The molecule has 1 unspecified atom stereocenters. The van der Waals surface area contributed by atoms with Gasteiger partial charge < -0.3 is 10.6 Å². The zero-order valence-electron chi connectivity index (χ0n) is 16.5. The van der Waals surface area contributed by atoms with Gasteiger partial charge in [0.15, 0.2) is 0 Å². The number of benzene rings is 1. The van der Waals surface area contributed by atoms with Crippen LogP contribution in [0.2, 0.25) is 0 Å². The molecule has 1 heterocycles. The summed E-state index contributed by atoms with van der Waals surface area (Å²) in [5, 5.41) is 5.80. The first kappa shape index (κ1) is 20.3. The standard InChI is InChI=1S/C21H28FN3O3/c1-14(2)18(15-6-8-16(22)9-7-15)23-17(26)10-13-25-19(27)21(24-20(25)28)11-4-3-5-12-21/h6-9,14,18H,3-5,10-13H2,1-2H3,(H,23,26)(H,24,28). The number of hydrogen-bond acceptors (Lipinski definition) is 3. The zero-order chi connectivity index (χ0) is 20.3. The average molecular weight is 389 g/mol. The summed E-state index contributed by atoms with van der Waals surface area (Å²) in [6.07, 6.45) is 4.30. The van der Waals surface area contributed by atoms with Crippen LogP contribution in [0.3, 0.4) is 0 Å². The summed E-state index contributed by atoms with van der Waals surface area (Å²) >= 11 is 0. The predicted molar refractivity (Wildman–Crippen MR) is 103 cm³/mol. The van der Waals surface area contributed by atoms with Crippen molar-refractivity contribution in [3.8, 4) is 0 Å². The monoisotopic (exact) mass is 389 g/mol. The van der Waals surface area contributed by atoms with E-state index in [1.807, 2.05) is 13.8 Å². The smallest absolute Gasteiger partial charge is 0.325 e. The number of carbonyl (C=O) groups excluding carboxylic acids is 3. The van der Waals surface area contributed by atoms with E-state index in [1.54, 1.807) is 12.1 Å². The fourth-order valence-electron chi connectivity index (χ4n) is 4.14. The lowest BCUT2D eigenvalue weighted by molar-refractivity contribution is -0.132. The number of imide groups is 1. The molecule has 28 heavy (non-hydrogen) atoms. The van der Waals surface area contributed by atoms with E-state index in [9.17, 15) is 18.8 Å². The molecule has 1 aliphatic heterocycles. The Bertz CT molecular complexity index is 742. The largest absolute Gasteiger partial charge is 0.349 e. The Balaban J connectivity index is 1.59. The first-order valence-corrected chi connectivity index (χ1v) is 10.0. The number of rotatable bonds is 6. The van der Waals surface area contributed by atoms with Crippen molar-refractivity contribution in [2.75, 3.05) is 6.54 Å². The van der Waals surface area contributed by atoms with Crippen molar-refractivity contribution in [3.63, 3.8) is 0 Å². The van der Waals surface area contributed by atoms with Gasteiger partial charge in [-0.3, -0.25) is 14.5 Å². The van der Waals surface area contributed by atoms with E-state index in [0.29, 0.717) is 12.8 Å². The number of hydrogen-bond donors (Lipinski definition) is 2. The molecule has 1 aromatic rings. The van der Waals surface area contributed by atoms with E-state index >= 15 is 0 Å². The van der Waals surface area contributed by atoms with Crippen LogP contribution in [0.4, 0.5) is 9.18 Å². The van der Waals surface area contributed by atoms with Gasteiger partial charge in [-0.05, 0) is 36.5 Å². The van der Waals surface area contributed by atoms with Crippen LogP contribution in [0.15, 0.2) is 24.3 Å². The number of nitrogens with one attached hydrogen (secondary N) is 2. The fraction of sp³-hybridized carbons (Fsp3) is 0.571. The first-order valence-electron chi connectivity index (χ1n) is 10.0. The van der Waals surface area contributed by atoms with Crippen LogP contribution in [0.5, 0.6) is 0 Å². The third-order valence-corrected chi connectivity index (χ3v) is 5.73. The Hall–Kier alpha value is -2.44. The lowest BCUT2D eigenvalue weighted by Crippen LogP contribution is -2.48. The van der Waals surface area contributed by atoms with Gasteiger partial charge in [0.25, 0.3) is 5.91 Å². The average Bonchev–Trinajstić information content (AvgIpc) is 2.89. The first-order chi connectivity index (χ1) is 13.3. The van der Waals surface area contributed by atoms with Gasteiger partial charge in [-0.2, -0.15) is 0 Å². The highest BCUT2D eigenvalue weighted by molar-refractivity contribution is 6.07. The van der Waals surface area contributed by atoms with Gasteiger partial charge in [-0.25, -0.2) is 9.18 Å². The highest BCUT2D eigenvalue weighted by atomic mass is 19.1. The maximum Gasteiger partial charge on any atom is 0.325 e. The van der Waals surface area contributed by atoms with E-state index in [-0.39, 0.29) is 42.6 Å². The molecule has 0 aromatic heterocycles. The van der Waals surface area contributed by atoms with Crippen molar-refractivity contribution in [2.45, 2.75) is 64.0 Å². The molecule has 1 saturated carbocycles. The van der Waals surface area contributed by atoms with Gasteiger partial charge in [-0.1, -0.05) is 45.2 Å². The molecular formula is C21H28FN3O3. The number of urea groups is 1. The third kappa shape index (κ3) is 4.18. The molecule has 1 aromatic carbocycles. The van der Waals surface area contributed by atoms with Crippen molar-refractivity contribution in [3.05, 3.63) is 35.6 Å². The van der Waals surface area contributed by atoms with Crippen LogP contribution >= 0.6 is 0 Å². The summed E-state index contributed by atoms with van der Waals surface area (Å²) < 4.78 is 13.2. The molecule has 2 fully saturated rings. The summed E-state index contributed by atoms with van der Waals surface area (Å²) in [4.78, 5) is 38.7. The van der Waals surface area contributed by atoms with E-state index in [1.165, 1.54) is 17.0 Å². The second-order valence-electron chi connectivity index (χ2n) is 8.12. The number of carbonyl (C=O) groups is 3. The number of halogens is 1. The molecule has 4 amide bonds. The Labute approximate surface area is 164 Å². The molecule has 1 saturated heterocycles.